The molecule has 5 aromatic rings. The van der Waals surface area contributed by atoms with E-state index in [1.807, 2.05) is 30.3 Å². The molecule has 1 N–H and O–H groups in total. The Bertz CT molecular complexity index is 1920. The Morgan fingerprint density at radius 3 is 2.32 bits per heavy atom. The van der Waals surface area contributed by atoms with Crippen LogP contribution in [0.4, 0.5) is 29.2 Å². The molecule has 3 aromatic carbocycles. The second kappa shape index (κ2) is 12.1. The second-order valence-corrected chi connectivity index (χ2v) is 12.2. The second-order valence-electron chi connectivity index (χ2n) is 10.2. The lowest BCUT2D eigenvalue weighted by atomic mass is 9.92. The predicted octanol–water partition coefficient (Wildman–Crippen LogP) is 6.54. The summed E-state index contributed by atoms with van der Waals surface area (Å²) in [7, 11) is -3.70. The van der Waals surface area contributed by atoms with Crippen molar-refractivity contribution in [3.05, 3.63) is 102 Å². The van der Waals surface area contributed by atoms with Gasteiger partial charge >= 0.3 is 6.18 Å². The van der Waals surface area contributed by atoms with Gasteiger partial charge in [-0.15, -0.1) is 5.10 Å². The van der Waals surface area contributed by atoms with Crippen LogP contribution in [0.1, 0.15) is 24.0 Å². The summed E-state index contributed by atoms with van der Waals surface area (Å²) in [6.45, 7) is 0.179. The highest BCUT2D eigenvalue weighted by molar-refractivity contribution is 7.90. The van der Waals surface area contributed by atoms with Crippen LogP contribution in [-0.4, -0.2) is 47.8 Å². The molecule has 0 saturated heterocycles. The van der Waals surface area contributed by atoms with Crippen molar-refractivity contribution in [3.8, 4) is 16.9 Å². The van der Waals surface area contributed by atoms with Crippen LogP contribution >= 0.6 is 0 Å². The van der Waals surface area contributed by atoms with Gasteiger partial charge in [0.1, 0.15) is 17.3 Å². The number of carbonyl (C=O) groups is 1. The fraction of sp³-hybridized carbons (Fsp3) is 0.194. The SMILES string of the molecule is CC(C(=O)Cc1ccc(-c2ccc3nc(Nc4ccc(S(C)(=O)=O)cc4OCC(F)(F)F)nn3c2)cc1)c1ccc(F)cc1. The first-order chi connectivity index (χ1) is 20.7. The van der Waals surface area contributed by atoms with Gasteiger partial charge in [0.15, 0.2) is 22.1 Å². The predicted molar refractivity (Wildman–Crippen MR) is 156 cm³/mol. The van der Waals surface area contributed by atoms with Crippen LogP contribution in [0.2, 0.25) is 0 Å². The van der Waals surface area contributed by atoms with Crippen LogP contribution in [0.3, 0.4) is 0 Å². The largest absolute Gasteiger partial charge is 0.482 e. The summed E-state index contributed by atoms with van der Waals surface area (Å²) in [5.74, 6) is -1.000. The summed E-state index contributed by atoms with van der Waals surface area (Å²) < 4.78 is 81.9. The van der Waals surface area contributed by atoms with E-state index in [0.29, 0.717) is 5.65 Å². The summed E-state index contributed by atoms with van der Waals surface area (Å²) in [6.07, 6.45) is -1.76. The number of hydrogen-bond donors (Lipinski definition) is 1. The third kappa shape index (κ3) is 7.40. The molecule has 0 aliphatic heterocycles. The fourth-order valence-electron chi connectivity index (χ4n) is 4.45. The quantitative estimate of drug-likeness (QED) is 0.176. The Morgan fingerprint density at radius 1 is 0.977 bits per heavy atom. The molecule has 0 fully saturated rings. The lowest BCUT2D eigenvalue weighted by molar-refractivity contribution is -0.153. The summed E-state index contributed by atoms with van der Waals surface area (Å²) in [6, 6.07) is 20.4. The van der Waals surface area contributed by atoms with E-state index in [-0.39, 0.29) is 46.2 Å². The molecule has 0 aliphatic carbocycles. The maximum absolute atomic E-state index is 13.2. The minimum atomic E-state index is -4.63. The van der Waals surface area contributed by atoms with Crippen LogP contribution in [0.25, 0.3) is 16.8 Å². The van der Waals surface area contributed by atoms with Gasteiger partial charge in [-0.3, -0.25) is 4.79 Å². The van der Waals surface area contributed by atoms with E-state index in [9.17, 15) is 30.8 Å². The molecule has 1 atom stereocenters. The van der Waals surface area contributed by atoms with Crippen LogP contribution in [0.15, 0.2) is 90.0 Å². The van der Waals surface area contributed by atoms with Gasteiger partial charge in [0.25, 0.3) is 0 Å². The lowest BCUT2D eigenvalue weighted by Gasteiger charge is -2.14. The Morgan fingerprint density at radius 2 is 1.66 bits per heavy atom. The van der Waals surface area contributed by atoms with Gasteiger partial charge < -0.3 is 10.1 Å². The number of halogens is 4. The number of pyridine rings is 1. The highest BCUT2D eigenvalue weighted by Gasteiger charge is 2.29. The molecular weight excluding hydrogens is 600 g/mol. The standard InChI is InChI=1S/C31H26F4N4O4S/c1-19(21-7-10-24(32)11-8-21)27(40)15-20-3-5-22(6-4-20)23-9-14-29-37-30(38-39(29)17-23)36-26-13-12-25(44(2,41)42)16-28(26)43-18-31(33,34)35/h3-14,16-17,19H,15,18H2,1-2H3,(H,36,38). The normalized spacial score (nSPS) is 12.7. The number of aromatic nitrogens is 3. The summed E-state index contributed by atoms with van der Waals surface area (Å²) in [4.78, 5) is 16.9. The number of Topliss-reactive ketones (excluding diaryl/α,β-unsaturated/α-hetero) is 1. The van der Waals surface area contributed by atoms with E-state index in [4.69, 9.17) is 4.74 Å². The van der Waals surface area contributed by atoms with E-state index in [2.05, 4.69) is 15.4 Å². The Labute approximate surface area is 250 Å². The van der Waals surface area contributed by atoms with Crippen molar-refractivity contribution in [1.82, 2.24) is 14.6 Å². The number of fused-ring (bicyclic) bond motifs is 1. The molecule has 2 aromatic heterocycles. The third-order valence-corrected chi connectivity index (χ3v) is 7.98. The van der Waals surface area contributed by atoms with E-state index < -0.39 is 22.6 Å². The van der Waals surface area contributed by atoms with Gasteiger partial charge in [-0.25, -0.2) is 17.3 Å². The Kier molecular flexibility index (Phi) is 8.42. The summed E-state index contributed by atoms with van der Waals surface area (Å²) in [5.41, 5.74) is 3.71. The Hall–Kier alpha value is -4.78. The van der Waals surface area contributed by atoms with Gasteiger partial charge in [-0.05, 0) is 53.1 Å². The summed E-state index contributed by atoms with van der Waals surface area (Å²) in [5, 5.41) is 7.16. The molecule has 1 unspecified atom stereocenters. The first-order valence-corrected chi connectivity index (χ1v) is 15.2. The lowest BCUT2D eigenvalue weighted by Crippen LogP contribution is -2.19. The molecular formula is C31H26F4N4O4S. The van der Waals surface area contributed by atoms with Crippen molar-refractivity contribution in [2.45, 2.75) is 30.3 Å². The van der Waals surface area contributed by atoms with Crippen molar-refractivity contribution in [1.29, 1.82) is 0 Å². The topological polar surface area (TPSA) is 103 Å². The van der Waals surface area contributed by atoms with E-state index in [1.165, 1.54) is 28.8 Å². The summed E-state index contributed by atoms with van der Waals surface area (Å²) >= 11 is 0. The molecule has 5 rings (SSSR count). The zero-order chi connectivity index (χ0) is 31.6. The fourth-order valence-corrected chi connectivity index (χ4v) is 5.09. The van der Waals surface area contributed by atoms with Crippen molar-refractivity contribution in [2.24, 2.45) is 0 Å². The molecule has 8 nitrogen and oxygen atoms in total. The number of nitrogens with one attached hydrogen (secondary N) is 1. The number of rotatable bonds is 10. The molecule has 0 spiro atoms. The first kappa shape index (κ1) is 30.7. The Balaban J connectivity index is 1.32. The van der Waals surface area contributed by atoms with Crippen LogP contribution in [0, 0.1) is 5.82 Å². The van der Waals surface area contributed by atoms with Crippen molar-refractivity contribution in [2.75, 3.05) is 18.2 Å². The van der Waals surface area contributed by atoms with Crippen molar-refractivity contribution in [3.63, 3.8) is 0 Å². The molecule has 0 amide bonds. The average molecular weight is 627 g/mol. The molecule has 0 aliphatic rings. The number of carbonyl (C=O) groups excluding carboxylic acids is 1. The number of nitrogens with zero attached hydrogens (tertiary/aromatic N) is 3. The molecule has 0 radical (unpaired) electrons. The van der Waals surface area contributed by atoms with E-state index in [0.717, 1.165) is 34.6 Å². The third-order valence-electron chi connectivity index (χ3n) is 6.87. The van der Waals surface area contributed by atoms with Gasteiger partial charge in [0.05, 0.1) is 10.6 Å². The molecule has 0 saturated carbocycles. The number of sulfone groups is 1. The molecule has 0 bridgehead atoms. The number of ether oxygens (including phenoxy) is 1. The number of benzene rings is 3. The van der Waals surface area contributed by atoms with Crippen LogP contribution < -0.4 is 10.1 Å². The van der Waals surface area contributed by atoms with Gasteiger partial charge in [-0.2, -0.15) is 18.2 Å². The van der Waals surface area contributed by atoms with Crippen molar-refractivity contribution < 1.29 is 35.5 Å². The number of anilines is 2. The molecule has 228 valence electrons. The van der Waals surface area contributed by atoms with Gasteiger partial charge in [-0.1, -0.05) is 43.3 Å². The highest BCUT2D eigenvalue weighted by Crippen LogP contribution is 2.32. The number of alkyl halides is 3. The number of ketones is 1. The maximum Gasteiger partial charge on any atom is 0.422 e. The smallest absolute Gasteiger partial charge is 0.422 e. The van der Waals surface area contributed by atoms with Crippen LogP contribution in [-0.2, 0) is 21.1 Å². The van der Waals surface area contributed by atoms with Gasteiger partial charge in [0.2, 0.25) is 5.95 Å². The minimum Gasteiger partial charge on any atom is -0.482 e. The molecule has 44 heavy (non-hydrogen) atoms. The molecule has 2 heterocycles. The van der Waals surface area contributed by atoms with Gasteiger partial charge in [0, 0.05) is 36.4 Å². The minimum absolute atomic E-state index is 0.00587. The van der Waals surface area contributed by atoms with E-state index in [1.54, 1.807) is 31.3 Å². The maximum atomic E-state index is 13.2. The zero-order valence-electron chi connectivity index (χ0n) is 23.5. The first-order valence-electron chi connectivity index (χ1n) is 13.3. The van der Waals surface area contributed by atoms with E-state index >= 15 is 0 Å². The molecule has 13 heteroatoms. The monoisotopic (exact) mass is 626 g/mol. The number of hydrogen-bond acceptors (Lipinski definition) is 7. The van der Waals surface area contributed by atoms with Crippen molar-refractivity contribution >= 4 is 32.9 Å². The average Bonchev–Trinajstić information content (AvgIpc) is 3.37. The zero-order valence-corrected chi connectivity index (χ0v) is 24.3. The highest BCUT2D eigenvalue weighted by atomic mass is 32.2. The van der Waals surface area contributed by atoms with Crippen LogP contribution in [0.5, 0.6) is 5.75 Å².